The fourth-order valence-electron chi connectivity index (χ4n) is 1.71. The van der Waals surface area contributed by atoms with Gasteiger partial charge in [0.05, 0.1) is 7.11 Å². The molecule has 2 aromatic rings. The van der Waals surface area contributed by atoms with Crippen LogP contribution in [0.5, 0.6) is 11.5 Å². The molecule has 2 aromatic carbocycles. The van der Waals surface area contributed by atoms with E-state index < -0.39 is 0 Å². The third-order valence-electron chi connectivity index (χ3n) is 2.89. The lowest BCUT2D eigenvalue weighted by Gasteiger charge is -1.98. The summed E-state index contributed by atoms with van der Waals surface area (Å²) < 4.78 is 5.07. The van der Waals surface area contributed by atoms with Crippen molar-refractivity contribution in [2.24, 2.45) is 0 Å². The van der Waals surface area contributed by atoms with Crippen LogP contribution in [0.1, 0.15) is 11.1 Å². The van der Waals surface area contributed by atoms with Gasteiger partial charge in [0.1, 0.15) is 11.5 Å². The number of benzene rings is 2. The van der Waals surface area contributed by atoms with E-state index >= 15 is 0 Å². The predicted molar refractivity (Wildman–Crippen MR) is 84.2 cm³/mol. The molecule has 0 aliphatic carbocycles. The highest BCUT2D eigenvalue weighted by molar-refractivity contribution is 6.04. The van der Waals surface area contributed by atoms with Crippen LogP contribution in [0.4, 0.5) is 0 Å². The summed E-state index contributed by atoms with van der Waals surface area (Å²) in [6, 6.07) is 14.1. The van der Waals surface area contributed by atoms with Gasteiger partial charge >= 0.3 is 0 Å². The van der Waals surface area contributed by atoms with Crippen molar-refractivity contribution in [2.45, 2.75) is 0 Å². The zero-order valence-corrected chi connectivity index (χ0v) is 11.7. The number of phenolic OH excluding ortho intramolecular Hbond substituents is 1. The Hall–Kier alpha value is -2.81. The summed E-state index contributed by atoms with van der Waals surface area (Å²) in [6.45, 7) is 0. The van der Waals surface area contributed by atoms with Gasteiger partial charge in [-0.2, -0.15) is 0 Å². The number of hydrogen-bond donors (Lipinski definition) is 1. The van der Waals surface area contributed by atoms with Crippen LogP contribution < -0.4 is 4.74 Å². The topological polar surface area (TPSA) is 46.5 Å². The second-order valence-electron chi connectivity index (χ2n) is 4.43. The first kappa shape index (κ1) is 14.6. The molecule has 3 heteroatoms. The number of aromatic hydroxyl groups is 1. The number of carbonyl (C=O) groups is 1. The molecule has 0 saturated carbocycles. The molecule has 0 atom stereocenters. The summed E-state index contributed by atoms with van der Waals surface area (Å²) in [7, 11) is 1.61. The van der Waals surface area contributed by atoms with Crippen molar-refractivity contribution in [2.75, 3.05) is 7.11 Å². The molecule has 0 saturated heterocycles. The Morgan fingerprint density at radius 1 is 0.905 bits per heavy atom. The molecule has 0 unspecified atom stereocenters. The van der Waals surface area contributed by atoms with Gasteiger partial charge in [0.25, 0.3) is 0 Å². The number of phenols is 1. The van der Waals surface area contributed by atoms with Crippen LogP contribution in [0.25, 0.3) is 12.2 Å². The van der Waals surface area contributed by atoms with Gasteiger partial charge < -0.3 is 9.84 Å². The van der Waals surface area contributed by atoms with Crippen molar-refractivity contribution in [1.82, 2.24) is 0 Å². The SMILES string of the molecule is COc1ccc(C=CC(=O)C=Cc2ccc(O)cc2)cc1. The van der Waals surface area contributed by atoms with E-state index in [0.29, 0.717) is 0 Å². The van der Waals surface area contributed by atoms with Gasteiger partial charge in [-0.15, -0.1) is 0 Å². The molecule has 0 spiro atoms. The minimum Gasteiger partial charge on any atom is -0.508 e. The molecule has 0 aromatic heterocycles. The first-order valence-corrected chi connectivity index (χ1v) is 6.50. The van der Waals surface area contributed by atoms with E-state index in [2.05, 4.69) is 0 Å². The second kappa shape index (κ2) is 7.10. The zero-order chi connectivity index (χ0) is 15.1. The summed E-state index contributed by atoms with van der Waals surface area (Å²) >= 11 is 0. The highest BCUT2D eigenvalue weighted by Crippen LogP contribution is 2.13. The first-order valence-electron chi connectivity index (χ1n) is 6.50. The highest BCUT2D eigenvalue weighted by atomic mass is 16.5. The summed E-state index contributed by atoms with van der Waals surface area (Å²) in [5.41, 5.74) is 1.79. The number of methoxy groups -OCH3 is 1. The number of hydrogen-bond acceptors (Lipinski definition) is 3. The fourth-order valence-corrected chi connectivity index (χ4v) is 1.71. The van der Waals surface area contributed by atoms with Gasteiger partial charge in [-0.3, -0.25) is 4.79 Å². The monoisotopic (exact) mass is 280 g/mol. The van der Waals surface area contributed by atoms with Crippen molar-refractivity contribution in [3.05, 3.63) is 71.8 Å². The highest BCUT2D eigenvalue weighted by Gasteiger charge is 1.93. The van der Waals surface area contributed by atoms with Gasteiger partial charge in [0, 0.05) is 0 Å². The maximum absolute atomic E-state index is 11.7. The molecule has 0 heterocycles. The minimum absolute atomic E-state index is 0.0982. The third kappa shape index (κ3) is 4.66. The Kier molecular flexibility index (Phi) is 4.94. The Morgan fingerprint density at radius 3 is 1.86 bits per heavy atom. The van der Waals surface area contributed by atoms with Crippen LogP contribution in [0.2, 0.25) is 0 Å². The number of ketones is 1. The summed E-state index contributed by atoms with van der Waals surface area (Å²) in [5.74, 6) is 0.891. The molecular weight excluding hydrogens is 264 g/mol. The predicted octanol–water partition coefficient (Wildman–Crippen LogP) is 3.70. The molecule has 0 radical (unpaired) electrons. The van der Waals surface area contributed by atoms with Gasteiger partial charge in [-0.05, 0) is 47.5 Å². The molecule has 1 N–H and O–H groups in total. The number of allylic oxidation sites excluding steroid dienone is 2. The molecule has 0 bridgehead atoms. The van der Waals surface area contributed by atoms with Crippen molar-refractivity contribution in [1.29, 1.82) is 0 Å². The lowest BCUT2D eigenvalue weighted by molar-refractivity contribution is -0.110. The van der Waals surface area contributed by atoms with E-state index in [9.17, 15) is 9.90 Å². The minimum atomic E-state index is -0.0982. The van der Waals surface area contributed by atoms with Crippen molar-refractivity contribution < 1.29 is 14.6 Å². The fraction of sp³-hybridized carbons (Fsp3) is 0.0556. The van der Waals surface area contributed by atoms with Crippen molar-refractivity contribution in [3.63, 3.8) is 0 Å². The van der Waals surface area contributed by atoms with Crippen LogP contribution in [-0.4, -0.2) is 18.0 Å². The molecule has 0 amide bonds. The van der Waals surface area contributed by atoms with Gasteiger partial charge in [-0.25, -0.2) is 0 Å². The van der Waals surface area contributed by atoms with Crippen LogP contribution >= 0.6 is 0 Å². The Labute approximate surface area is 123 Å². The van der Waals surface area contributed by atoms with Crippen LogP contribution in [0.15, 0.2) is 60.7 Å². The standard InChI is InChI=1S/C18H16O3/c1-21-18-12-6-15(7-13-18)5-11-17(20)10-4-14-2-8-16(19)9-3-14/h2-13,19H,1H3. The van der Waals surface area contributed by atoms with Crippen LogP contribution in [0, 0.1) is 0 Å². The van der Waals surface area contributed by atoms with E-state index in [1.54, 1.807) is 43.5 Å². The van der Waals surface area contributed by atoms with Crippen molar-refractivity contribution in [3.8, 4) is 11.5 Å². The molecular formula is C18H16O3. The Balaban J connectivity index is 1.96. The average molecular weight is 280 g/mol. The lowest BCUT2D eigenvalue weighted by Crippen LogP contribution is -1.85. The van der Waals surface area contributed by atoms with E-state index in [-0.39, 0.29) is 11.5 Å². The van der Waals surface area contributed by atoms with Gasteiger partial charge in [0.15, 0.2) is 5.78 Å². The number of carbonyl (C=O) groups excluding carboxylic acids is 1. The molecule has 0 aliphatic rings. The lowest BCUT2D eigenvalue weighted by atomic mass is 10.1. The Bertz CT molecular complexity index is 650. The molecule has 2 rings (SSSR count). The van der Waals surface area contributed by atoms with Crippen LogP contribution in [-0.2, 0) is 4.79 Å². The second-order valence-corrected chi connectivity index (χ2v) is 4.43. The molecule has 106 valence electrons. The molecule has 21 heavy (non-hydrogen) atoms. The largest absolute Gasteiger partial charge is 0.508 e. The summed E-state index contributed by atoms with van der Waals surface area (Å²) in [6.07, 6.45) is 6.47. The van der Waals surface area contributed by atoms with Gasteiger partial charge in [0.2, 0.25) is 0 Å². The number of rotatable bonds is 5. The summed E-state index contributed by atoms with van der Waals surface area (Å²) in [4.78, 5) is 11.7. The third-order valence-corrected chi connectivity index (χ3v) is 2.89. The van der Waals surface area contributed by atoms with Crippen molar-refractivity contribution >= 4 is 17.9 Å². The molecule has 0 fully saturated rings. The maximum atomic E-state index is 11.7. The first-order chi connectivity index (χ1) is 10.2. The quantitative estimate of drug-likeness (QED) is 0.849. The van der Waals surface area contributed by atoms with Gasteiger partial charge in [-0.1, -0.05) is 36.4 Å². The van der Waals surface area contributed by atoms with E-state index in [1.165, 1.54) is 12.2 Å². The van der Waals surface area contributed by atoms with Crippen LogP contribution in [0.3, 0.4) is 0 Å². The Morgan fingerprint density at radius 2 is 1.38 bits per heavy atom. The molecule has 3 nitrogen and oxygen atoms in total. The molecule has 0 aliphatic heterocycles. The van der Waals surface area contributed by atoms with E-state index in [4.69, 9.17) is 4.74 Å². The zero-order valence-electron chi connectivity index (χ0n) is 11.7. The summed E-state index contributed by atoms with van der Waals surface area (Å²) in [5, 5.41) is 9.17. The number of ether oxygens (including phenoxy) is 1. The normalized spacial score (nSPS) is 11.1. The average Bonchev–Trinajstić information content (AvgIpc) is 2.53. The van der Waals surface area contributed by atoms with E-state index in [1.807, 2.05) is 24.3 Å². The maximum Gasteiger partial charge on any atom is 0.178 e. The smallest absolute Gasteiger partial charge is 0.178 e. The van der Waals surface area contributed by atoms with E-state index in [0.717, 1.165) is 16.9 Å².